The molecule has 0 fully saturated rings. The molecule has 1 aliphatic heterocycles. The summed E-state index contributed by atoms with van der Waals surface area (Å²) in [4.78, 5) is 26.5. The molecule has 4 rings (SSSR count). The van der Waals surface area contributed by atoms with E-state index in [9.17, 15) is 28.1 Å². The summed E-state index contributed by atoms with van der Waals surface area (Å²) in [7, 11) is 0. The lowest BCUT2D eigenvalue weighted by atomic mass is 10.1. The number of carbonyl (C=O) groups is 1. The zero-order valence-corrected chi connectivity index (χ0v) is 15.4. The van der Waals surface area contributed by atoms with Crippen LogP contribution in [0.2, 0.25) is 0 Å². The van der Waals surface area contributed by atoms with E-state index in [-0.39, 0.29) is 39.9 Å². The van der Waals surface area contributed by atoms with E-state index in [0.717, 1.165) is 12.1 Å². The highest BCUT2D eigenvalue weighted by Gasteiger charge is 2.30. The van der Waals surface area contributed by atoms with E-state index >= 15 is 0 Å². The van der Waals surface area contributed by atoms with Crippen molar-refractivity contribution in [1.82, 2.24) is 0 Å². The van der Waals surface area contributed by atoms with E-state index < -0.39 is 22.6 Å². The monoisotopic (exact) mass is 428 g/mol. The number of furan rings is 1. The van der Waals surface area contributed by atoms with Gasteiger partial charge in [0.2, 0.25) is 5.90 Å². The van der Waals surface area contributed by atoms with Gasteiger partial charge in [-0.25, -0.2) is 9.79 Å². The molecule has 0 saturated carbocycles. The quantitative estimate of drug-likeness (QED) is 0.246. The minimum atomic E-state index is -4.49. The Morgan fingerprint density at radius 3 is 2.48 bits per heavy atom. The van der Waals surface area contributed by atoms with E-state index in [2.05, 4.69) is 4.99 Å². The lowest BCUT2D eigenvalue weighted by Gasteiger charge is -2.07. The van der Waals surface area contributed by atoms with Gasteiger partial charge in [0.25, 0.3) is 5.69 Å². The number of cyclic esters (lactones) is 1. The van der Waals surface area contributed by atoms with E-state index in [1.54, 1.807) is 0 Å². The largest absolute Gasteiger partial charge is 0.457 e. The molecule has 0 amide bonds. The second-order valence-electron chi connectivity index (χ2n) is 6.42. The van der Waals surface area contributed by atoms with E-state index in [4.69, 9.17) is 9.15 Å². The maximum absolute atomic E-state index is 12.9. The highest BCUT2D eigenvalue weighted by atomic mass is 19.4. The minimum Gasteiger partial charge on any atom is -0.457 e. The molecule has 0 N–H and O–H groups in total. The summed E-state index contributed by atoms with van der Waals surface area (Å²) in [5, 5.41) is 10.9. The van der Waals surface area contributed by atoms with Gasteiger partial charge in [0.05, 0.1) is 10.5 Å². The molecule has 10 heteroatoms. The van der Waals surface area contributed by atoms with Crippen LogP contribution in [0.15, 0.2) is 75.8 Å². The van der Waals surface area contributed by atoms with Crippen molar-refractivity contribution >= 4 is 23.6 Å². The third-order valence-corrected chi connectivity index (χ3v) is 4.30. The normalized spacial score (nSPS) is 15.1. The third kappa shape index (κ3) is 4.22. The Morgan fingerprint density at radius 2 is 1.74 bits per heavy atom. The molecule has 0 spiro atoms. The molecule has 2 heterocycles. The summed E-state index contributed by atoms with van der Waals surface area (Å²) >= 11 is 0. The molecule has 0 radical (unpaired) electrons. The lowest BCUT2D eigenvalue weighted by molar-refractivity contribution is -0.384. The number of non-ortho nitro benzene ring substituents is 1. The molecule has 0 unspecified atom stereocenters. The number of hydrogen-bond acceptors (Lipinski definition) is 6. The average Bonchev–Trinajstić information content (AvgIpc) is 3.35. The van der Waals surface area contributed by atoms with Gasteiger partial charge >= 0.3 is 12.1 Å². The van der Waals surface area contributed by atoms with Crippen LogP contribution in [-0.2, 0) is 15.7 Å². The summed E-state index contributed by atoms with van der Waals surface area (Å²) in [6, 6.07) is 13.0. The number of carbonyl (C=O) groups excluding carboxylic acids is 1. The molecule has 2 aromatic carbocycles. The molecule has 0 aliphatic carbocycles. The van der Waals surface area contributed by atoms with Crippen LogP contribution in [0.3, 0.4) is 0 Å². The number of halogens is 3. The van der Waals surface area contributed by atoms with Crippen LogP contribution in [0, 0.1) is 10.1 Å². The van der Waals surface area contributed by atoms with Crippen LogP contribution in [-0.4, -0.2) is 16.8 Å². The van der Waals surface area contributed by atoms with Crippen molar-refractivity contribution in [2.24, 2.45) is 4.99 Å². The summed E-state index contributed by atoms with van der Waals surface area (Å²) in [5.74, 6) is -0.557. The fourth-order valence-corrected chi connectivity index (χ4v) is 2.85. The van der Waals surface area contributed by atoms with Crippen molar-refractivity contribution in [3.05, 3.63) is 93.4 Å². The third-order valence-electron chi connectivity index (χ3n) is 4.30. The molecule has 0 saturated heterocycles. The lowest BCUT2D eigenvalue weighted by Crippen LogP contribution is -2.05. The minimum absolute atomic E-state index is 0.107. The van der Waals surface area contributed by atoms with Gasteiger partial charge in [-0.05, 0) is 30.3 Å². The predicted molar refractivity (Wildman–Crippen MR) is 103 cm³/mol. The first-order valence-electron chi connectivity index (χ1n) is 8.75. The first-order valence-corrected chi connectivity index (χ1v) is 8.75. The van der Waals surface area contributed by atoms with Crippen LogP contribution < -0.4 is 0 Å². The van der Waals surface area contributed by atoms with Gasteiger partial charge in [-0.1, -0.05) is 18.2 Å². The number of aliphatic imine (C=N–C) groups is 1. The van der Waals surface area contributed by atoms with Gasteiger partial charge in [0, 0.05) is 29.3 Å². The number of ether oxygens (including phenoxy) is 1. The zero-order valence-electron chi connectivity index (χ0n) is 15.4. The first kappa shape index (κ1) is 20.1. The highest BCUT2D eigenvalue weighted by Crippen LogP contribution is 2.33. The van der Waals surface area contributed by atoms with E-state index in [1.165, 1.54) is 54.6 Å². The average molecular weight is 428 g/mol. The maximum atomic E-state index is 12.9. The summed E-state index contributed by atoms with van der Waals surface area (Å²) < 4.78 is 49.3. The van der Waals surface area contributed by atoms with Gasteiger partial charge in [-0.15, -0.1) is 0 Å². The number of alkyl halides is 3. The zero-order chi connectivity index (χ0) is 22.2. The molecular formula is C21H11F3N2O5. The van der Waals surface area contributed by atoms with Crippen molar-refractivity contribution in [2.75, 3.05) is 0 Å². The molecule has 0 atom stereocenters. The number of nitrogens with zero attached hydrogens (tertiary/aromatic N) is 2. The van der Waals surface area contributed by atoms with Crippen LogP contribution in [0.25, 0.3) is 17.4 Å². The molecule has 1 aliphatic rings. The van der Waals surface area contributed by atoms with Crippen molar-refractivity contribution < 1.29 is 32.0 Å². The molecule has 0 bridgehead atoms. The Labute approximate surface area is 172 Å². The SMILES string of the molecule is O=C1OC(c2cccc([N+](=O)[O-])c2)=N/C1=C/c1ccc(-c2cccc(C(F)(F)F)c2)o1. The number of nitro groups is 1. The van der Waals surface area contributed by atoms with Gasteiger partial charge in [-0.2, -0.15) is 13.2 Å². The molecule has 1 aromatic heterocycles. The van der Waals surface area contributed by atoms with Gasteiger partial charge < -0.3 is 9.15 Å². The van der Waals surface area contributed by atoms with Crippen molar-refractivity contribution in [3.63, 3.8) is 0 Å². The topological polar surface area (TPSA) is 94.9 Å². The fraction of sp³-hybridized carbons (Fsp3) is 0.0476. The maximum Gasteiger partial charge on any atom is 0.416 e. The Balaban J connectivity index is 1.62. The van der Waals surface area contributed by atoms with Crippen molar-refractivity contribution in [1.29, 1.82) is 0 Å². The Bertz CT molecular complexity index is 1260. The highest BCUT2D eigenvalue weighted by molar-refractivity contribution is 6.12. The Kier molecular flexibility index (Phi) is 4.90. The van der Waals surface area contributed by atoms with E-state index in [1.807, 2.05) is 0 Å². The van der Waals surface area contributed by atoms with Crippen LogP contribution in [0.4, 0.5) is 18.9 Å². The van der Waals surface area contributed by atoms with Gasteiger partial charge in [-0.3, -0.25) is 10.1 Å². The first-order chi connectivity index (χ1) is 14.7. The second-order valence-corrected chi connectivity index (χ2v) is 6.42. The summed E-state index contributed by atoms with van der Waals surface area (Å²) in [5.41, 5.74) is -0.659. The van der Waals surface area contributed by atoms with Gasteiger partial charge in [0.15, 0.2) is 5.70 Å². The van der Waals surface area contributed by atoms with Crippen LogP contribution in [0.5, 0.6) is 0 Å². The number of benzene rings is 2. The Hall–Kier alpha value is -4.21. The fourth-order valence-electron chi connectivity index (χ4n) is 2.85. The molecule has 156 valence electrons. The van der Waals surface area contributed by atoms with Gasteiger partial charge in [0.1, 0.15) is 11.5 Å². The molecular weight excluding hydrogens is 417 g/mol. The second kappa shape index (κ2) is 7.56. The number of nitro benzene ring substituents is 1. The van der Waals surface area contributed by atoms with Crippen molar-refractivity contribution in [3.8, 4) is 11.3 Å². The van der Waals surface area contributed by atoms with E-state index in [0.29, 0.717) is 0 Å². The number of rotatable bonds is 4. The number of esters is 1. The summed E-state index contributed by atoms with van der Waals surface area (Å²) in [6.45, 7) is 0. The van der Waals surface area contributed by atoms with Crippen LogP contribution in [0.1, 0.15) is 16.9 Å². The molecule has 7 nitrogen and oxygen atoms in total. The molecule has 3 aromatic rings. The smallest absolute Gasteiger partial charge is 0.416 e. The van der Waals surface area contributed by atoms with Crippen molar-refractivity contribution in [2.45, 2.75) is 6.18 Å². The number of hydrogen-bond donors (Lipinski definition) is 0. The Morgan fingerprint density at radius 1 is 1.00 bits per heavy atom. The summed E-state index contributed by atoms with van der Waals surface area (Å²) in [6.07, 6.45) is -3.22. The standard InChI is InChI=1S/C21H11F3N2O5/c22-21(23,24)14-5-1-3-12(9-14)18-8-7-16(30-18)11-17-20(27)31-19(25-17)13-4-2-6-15(10-13)26(28)29/h1-11H/b17-11+. The predicted octanol–water partition coefficient (Wildman–Crippen LogP) is 5.22. The molecule has 31 heavy (non-hydrogen) atoms. The van der Waals surface area contributed by atoms with Crippen LogP contribution >= 0.6 is 0 Å².